The van der Waals surface area contributed by atoms with E-state index in [1.165, 1.54) is 19.1 Å². The summed E-state index contributed by atoms with van der Waals surface area (Å²) in [6.07, 6.45) is 0. The number of halogens is 1. The number of nitrogens with zero attached hydrogens (tertiary/aromatic N) is 1. The molecule has 3 N–H and O–H groups in total. The van der Waals surface area contributed by atoms with Gasteiger partial charge in [0.2, 0.25) is 0 Å². The summed E-state index contributed by atoms with van der Waals surface area (Å²) >= 11 is 5.92. The van der Waals surface area contributed by atoms with Crippen molar-refractivity contribution in [3.8, 4) is 0 Å². The average Bonchev–Trinajstić information content (AvgIpc) is 2.64. The Kier molecular flexibility index (Phi) is 3.42. The van der Waals surface area contributed by atoms with Gasteiger partial charge in [-0.25, -0.2) is 8.42 Å². The van der Waals surface area contributed by atoms with Crippen LogP contribution in [-0.4, -0.2) is 13.6 Å². The molecular formula is C11H12ClN3O3S. The van der Waals surface area contributed by atoms with E-state index in [9.17, 15) is 8.42 Å². The number of benzene rings is 1. The molecule has 8 heteroatoms. The first kappa shape index (κ1) is 13.7. The quantitative estimate of drug-likeness (QED) is 0.848. The summed E-state index contributed by atoms with van der Waals surface area (Å²) in [4.78, 5) is 0.00555. The maximum Gasteiger partial charge on any atom is 0.267 e. The van der Waals surface area contributed by atoms with Crippen LogP contribution in [0, 0.1) is 13.8 Å². The number of aromatic nitrogens is 1. The van der Waals surface area contributed by atoms with Crippen LogP contribution in [0.2, 0.25) is 5.02 Å². The molecule has 19 heavy (non-hydrogen) atoms. The molecule has 0 atom stereocenters. The number of nitrogen functional groups attached to an aromatic ring is 1. The predicted molar refractivity (Wildman–Crippen MR) is 72.6 cm³/mol. The van der Waals surface area contributed by atoms with Crippen molar-refractivity contribution in [2.24, 2.45) is 0 Å². The molecule has 0 aliphatic rings. The van der Waals surface area contributed by atoms with Gasteiger partial charge in [0.15, 0.2) is 10.7 Å². The predicted octanol–water partition coefficient (Wildman–Crippen LogP) is 2.33. The largest absolute Gasteiger partial charge is 0.399 e. The molecule has 0 radical (unpaired) electrons. The second-order valence-electron chi connectivity index (χ2n) is 4.00. The van der Waals surface area contributed by atoms with Gasteiger partial charge in [-0.15, -0.1) is 0 Å². The van der Waals surface area contributed by atoms with Gasteiger partial charge in [0.1, 0.15) is 5.69 Å². The highest BCUT2D eigenvalue weighted by molar-refractivity contribution is 7.92. The average molecular weight is 302 g/mol. The number of hydrogen-bond acceptors (Lipinski definition) is 5. The Morgan fingerprint density at radius 2 is 2.05 bits per heavy atom. The SMILES string of the molecule is Cc1noc(C)c1S(=O)(=O)Nc1cc(N)ccc1Cl. The maximum absolute atomic E-state index is 12.3. The lowest BCUT2D eigenvalue weighted by molar-refractivity contribution is 0.390. The van der Waals surface area contributed by atoms with E-state index < -0.39 is 10.0 Å². The van der Waals surface area contributed by atoms with E-state index in [1.54, 1.807) is 13.0 Å². The molecule has 1 aromatic heterocycles. The third kappa shape index (κ3) is 2.66. The number of nitrogens with one attached hydrogen (secondary N) is 1. The lowest BCUT2D eigenvalue weighted by Crippen LogP contribution is -2.15. The molecule has 0 aliphatic heterocycles. The third-order valence-corrected chi connectivity index (χ3v) is 4.41. The fourth-order valence-corrected chi connectivity index (χ4v) is 3.30. The summed E-state index contributed by atoms with van der Waals surface area (Å²) in [6, 6.07) is 4.54. The van der Waals surface area contributed by atoms with Crippen LogP contribution in [0.15, 0.2) is 27.6 Å². The van der Waals surface area contributed by atoms with Crippen LogP contribution >= 0.6 is 11.6 Å². The molecule has 1 aromatic carbocycles. The van der Waals surface area contributed by atoms with Crippen LogP contribution in [0.3, 0.4) is 0 Å². The highest BCUT2D eigenvalue weighted by Gasteiger charge is 2.24. The van der Waals surface area contributed by atoms with E-state index in [2.05, 4.69) is 9.88 Å². The topological polar surface area (TPSA) is 98.2 Å². The Morgan fingerprint density at radius 1 is 1.37 bits per heavy atom. The second-order valence-corrected chi connectivity index (χ2v) is 6.02. The lowest BCUT2D eigenvalue weighted by atomic mass is 10.3. The van der Waals surface area contributed by atoms with Crippen molar-refractivity contribution >= 4 is 33.0 Å². The number of nitrogens with two attached hydrogens (primary N) is 1. The number of hydrogen-bond donors (Lipinski definition) is 2. The van der Waals surface area contributed by atoms with Crippen molar-refractivity contribution in [3.63, 3.8) is 0 Å². The van der Waals surface area contributed by atoms with Gasteiger partial charge < -0.3 is 10.3 Å². The molecule has 0 unspecified atom stereocenters. The zero-order valence-electron chi connectivity index (χ0n) is 10.3. The number of anilines is 2. The van der Waals surface area contributed by atoms with Crippen molar-refractivity contribution in [1.82, 2.24) is 5.16 Å². The van der Waals surface area contributed by atoms with Gasteiger partial charge in [0.05, 0.1) is 10.7 Å². The zero-order valence-corrected chi connectivity index (χ0v) is 11.8. The normalized spacial score (nSPS) is 11.5. The Balaban J connectivity index is 2.45. The van der Waals surface area contributed by atoms with Crippen LogP contribution in [0.5, 0.6) is 0 Å². The molecule has 0 fully saturated rings. The summed E-state index contributed by atoms with van der Waals surface area (Å²) in [5.74, 6) is 0.213. The van der Waals surface area contributed by atoms with Crippen molar-refractivity contribution in [2.75, 3.05) is 10.5 Å². The summed E-state index contributed by atoms with van der Waals surface area (Å²) in [7, 11) is -3.82. The molecule has 0 spiro atoms. The third-order valence-electron chi connectivity index (χ3n) is 2.47. The maximum atomic E-state index is 12.3. The van der Waals surface area contributed by atoms with E-state index in [1.807, 2.05) is 0 Å². The van der Waals surface area contributed by atoms with E-state index in [0.29, 0.717) is 5.69 Å². The summed E-state index contributed by atoms with van der Waals surface area (Å²) < 4.78 is 31.7. The molecule has 0 saturated carbocycles. The first-order chi connectivity index (χ1) is 8.81. The van der Waals surface area contributed by atoms with Gasteiger partial charge in [-0.3, -0.25) is 4.72 Å². The Hall–Kier alpha value is -1.73. The molecule has 0 saturated heterocycles. The van der Waals surface area contributed by atoms with Gasteiger partial charge in [0, 0.05) is 5.69 Å². The summed E-state index contributed by atoms with van der Waals surface area (Å²) in [5.41, 5.74) is 6.50. The van der Waals surface area contributed by atoms with Crippen molar-refractivity contribution < 1.29 is 12.9 Å². The first-order valence-corrected chi connectivity index (χ1v) is 7.18. The Morgan fingerprint density at radius 3 is 2.63 bits per heavy atom. The fourth-order valence-electron chi connectivity index (χ4n) is 1.68. The van der Waals surface area contributed by atoms with Crippen LogP contribution in [-0.2, 0) is 10.0 Å². The molecule has 6 nitrogen and oxygen atoms in total. The number of rotatable bonds is 3. The van der Waals surface area contributed by atoms with E-state index >= 15 is 0 Å². The Labute approximate surface area is 115 Å². The molecule has 0 amide bonds. The minimum absolute atomic E-state index is 0.00555. The number of sulfonamides is 1. The van der Waals surface area contributed by atoms with Gasteiger partial charge in [-0.1, -0.05) is 16.8 Å². The molecule has 2 aromatic rings. The monoisotopic (exact) mass is 301 g/mol. The van der Waals surface area contributed by atoms with Crippen LogP contribution in [0.1, 0.15) is 11.5 Å². The summed E-state index contributed by atoms with van der Waals surface area (Å²) in [5, 5.41) is 3.87. The van der Waals surface area contributed by atoms with E-state index in [-0.39, 0.29) is 27.1 Å². The minimum atomic E-state index is -3.82. The molecular weight excluding hydrogens is 290 g/mol. The van der Waals surface area contributed by atoms with Crippen molar-refractivity contribution in [1.29, 1.82) is 0 Å². The standard InChI is InChI=1S/C11H12ClN3O3S/c1-6-11(7(2)18-14-6)19(16,17)15-10-5-8(13)3-4-9(10)12/h3-5,15H,13H2,1-2H3. The highest BCUT2D eigenvalue weighted by atomic mass is 35.5. The van der Waals surface area contributed by atoms with Crippen LogP contribution in [0.25, 0.3) is 0 Å². The first-order valence-electron chi connectivity index (χ1n) is 5.32. The molecule has 2 rings (SSSR count). The summed E-state index contributed by atoms with van der Waals surface area (Å²) in [6.45, 7) is 3.07. The van der Waals surface area contributed by atoms with Gasteiger partial charge in [-0.2, -0.15) is 0 Å². The van der Waals surface area contributed by atoms with Crippen LogP contribution in [0.4, 0.5) is 11.4 Å². The zero-order chi connectivity index (χ0) is 14.2. The molecule has 0 aliphatic carbocycles. The van der Waals surface area contributed by atoms with Gasteiger partial charge in [-0.05, 0) is 32.0 Å². The second kappa shape index (κ2) is 4.75. The van der Waals surface area contributed by atoms with Crippen LogP contribution < -0.4 is 10.5 Å². The highest BCUT2D eigenvalue weighted by Crippen LogP contribution is 2.28. The molecule has 102 valence electrons. The fraction of sp³-hybridized carbons (Fsp3) is 0.182. The van der Waals surface area contributed by atoms with Crippen molar-refractivity contribution in [2.45, 2.75) is 18.7 Å². The van der Waals surface area contributed by atoms with E-state index in [4.69, 9.17) is 21.9 Å². The molecule has 1 heterocycles. The minimum Gasteiger partial charge on any atom is -0.399 e. The van der Waals surface area contributed by atoms with Gasteiger partial charge >= 0.3 is 0 Å². The molecule has 0 bridgehead atoms. The smallest absolute Gasteiger partial charge is 0.267 e. The van der Waals surface area contributed by atoms with Crippen molar-refractivity contribution in [3.05, 3.63) is 34.7 Å². The lowest BCUT2D eigenvalue weighted by Gasteiger charge is -2.09. The Bertz CT molecular complexity index is 705. The van der Waals surface area contributed by atoms with E-state index in [0.717, 1.165) is 0 Å². The van der Waals surface area contributed by atoms with Gasteiger partial charge in [0.25, 0.3) is 10.0 Å². The number of aryl methyl sites for hydroxylation is 2.